The Morgan fingerprint density at radius 1 is 1.35 bits per heavy atom. The van der Waals surface area contributed by atoms with E-state index in [1.807, 2.05) is 18.2 Å². The summed E-state index contributed by atoms with van der Waals surface area (Å²) in [5.41, 5.74) is 0. The van der Waals surface area contributed by atoms with Gasteiger partial charge in [-0.1, -0.05) is 23.7 Å². The van der Waals surface area contributed by atoms with Crippen molar-refractivity contribution in [2.45, 2.75) is 6.92 Å². The Morgan fingerprint density at radius 3 is 2.71 bits per heavy atom. The van der Waals surface area contributed by atoms with Crippen LogP contribution in [0.15, 0.2) is 36.4 Å². The van der Waals surface area contributed by atoms with Gasteiger partial charge in [0.25, 0.3) is 6.47 Å². The second-order valence-corrected chi connectivity index (χ2v) is 3.63. The highest BCUT2D eigenvalue weighted by Crippen LogP contribution is 2.26. The van der Waals surface area contributed by atoms with Gasteiger partial charge in [0.15, 0.2) is 0 Å². The highest BCUT2D eigenvalue weighted by molar-refractivity contribution is 6.31. The van der Waals surface area contributed by atoms with Gasteiger partial charge in [0.2, 0.25) is 0 Å². The number of benzene rings is 2. The Morgan fingerprint density at radius 2 is 2.12 bits per heavy atom. The molecule has 1 N–H and O–H groups in total. The van der Waals surface area contributed by atoms with Crippen LogP contribution in [0.4, 0.5) is 0 Å². The molecule has 0 aromatic heterocycles. The molecule has 0 saturated heterocycles. The van der Waals surface area contributed by atoms with Crippen molar-refractivity contribution in [3.05, 3.63) is 41.4 Å². The lowest BCUT2D eigenvalue weighted by molar-refractivity contribution is -0.128. The van der Waals surface area contributed by atoms with Crippen molar-refractivity contribution in [2.24, 2.45) is 0 Å². The van der Waals surface area contributed by atoms with Crippen LogP contribution in [0.2, 0.25) is 5.02 Å². The molecule has 0 unspecified atom stereocenters. The number of phenolic OH excluding ortho intramolecular Hbond substituents is 1. The first kappa shape index (κ1) is 13.3. The number of phenols is 1. The van der Waals surface area contributed by atoms with E-state index >= 15 is 0 Å². The van der Waals surface area contributed by atoms with Gasteiger partial charge in [0.05, 0.1) is 6.61 Å². The van der Waals surface area contributed by atoms with Crippen LogP contribution < -0.4 is 0 Å². The molecule has 2 rings (SSSR count). The summed E-state index contributed by atoms with van der Waals surface area (Å²) in [4.78, 5) is 9.18. The topological polar surface area (TPSA) is 46.5 Å². The monoisotopic (exact) mass is 252 g/mol. The van der Waals surface area contributed by atoms with E-state index in [2.05, 4.69) is 4.74 Å². The zero-order chi connectivity index (χ0) is 12.7. The van der Waals surface area contributed by atoms with Crippen molar-refractivity contribution in [1.29, 1.82) is 0 Å². The first-order valence-electron chi connectivity index (χ1n) is 5.11. The van der Waals surface area contributed by atoms with Gasteiger partial charge in [-0.15, -0.1) is 0 Å². The maximum atomic E-state index is 9.42. The smallest absolute Gasteiger partial charge is 0.293 e. The van der Waals surface area contributed by atoms with E-state index in [0.717, 1.165) is 10.8 Å². The fraction of sp³-hybridized carbons (Fsp3) is 0.154. The van der Waals surface area contributed by atoms with Crippen LogP contribution in [-0.2, 0) is 9.53 Å². The fourth-order valence-corrected chi connectivity index (χ4v) is 1.49. The van der Waals surface area contributed by atoms with Crippen LogP contribution in [0.25, 0.3) is 10.8 Å². The Hall–Kier alpha value is -1.74. The summed E-state index contributed by atoms with van der Waals surface area (Å²) < 4.78 is 4.15. The Kier molecular flexibility index (Phi) is 5.30. The van der Waals surface area contributed by atoms with E-state index in [-0.39, 0.29) is 0 Å². The van der Waals surface area contributed by atoms with Gasteiger partial charge in [-0.05, 0) is 36.6 Å². The van der Waals surface area contributed by atoms with Crippen LogP contribution in [0.5, 0.6) is 5.75 Å². The molecule has 90 valence electrons. The van der Waals surface area contributed by atoms with Crippen LogP contribution in [-0.4, -0.2) is 18.2 Å². The molecule has 3 nitrogen and oxygen atoms in total. The minimum Gasteiger partial charge on any atom is -0.507 e. The Bertz CT molecular complexity index is 497. The standard InChI is InChI=1S/C10H7ClO.C3H6O2/c11-8-4-5-9-7(6-8)2-1-3-10(9)12;1-2-5-3-4/h1-6,12H;3H,2H2,1H3. The highest BCUT2D eigenvalue weighted by Gasteiger charge is 1.97. The molecule has 2 aromatic carbocycles. The van der Waals surface area contributed by atoms with Crippen molar-refractivity contribution in [3.8, 4) is 5.75 Å². The molecule has 4 heteroatoms. The van der Waals surface area contributed by atoms with Crippen molar-refractivity contribution < 1.29 is 14.6 Å². The predicted octanol–water partition coefficient (Wildman–Crippen LogP) is 3.38. The molecule has 0 aliphatic carbocycles. The number of carbonyl (C=O) groups excluding carboxylic acids is 1. The maximum Gasteiger partial charge on any atom is 0.293 e. The molecule has 0 saturated carbocycles. The van der Waals surface area contributed by atoms with Gasteiger partial charge in [0, 0.05) is 10.4 Å². The second-order valence-electron chi connectivity index (χ2n) is 3.19. The average molecular weight is 253 g/mol. The van der Waals surface area contributed by atoms with Gasteiger partial charge >= 0.3 is 0 Å². The lowest BCUT2D eigenvalue weighted by Gasteiger charge is -1.99. The molecule has 0 fully saturated rings. The number of aromatic hydroxyl groups is 1. The minimum atomic E-state index is 0.296. The molecule has 0 radical (unpaired) electrons. The largest absolute Gasteiger partial charge is 0.507 e. The fourth-order valence-electron chi connectivity index (χ4n) is 1.31. The van der Waals surface area contributed by atoms with Gasteiger partial charge in [-0.25, -0.2) is 0 Å². The third-order valence-electron chi connectivity index (χ3n) is 2.05. The summed E-state index contributed by atoms with van der Waals surface area (Å²) in [5, 5.41) is 11.9. The Labute approximate surface area is 105 Å². The quantitative estimate of drug-likeness (QED) is 0.834. The van der Waals surface area contributed by atoms with Crippen molar-refractivity contribution in [2.75, 3.05) is 6.61 Å². The summed E-state index contributed by atoms with van der Waals surface area (Å²) in [6.45, 7) is 2.66. The Balaban J connectivity index is 0.000000249. The van der Waals surface area contributed by atoms with Crippen LogP contribution in [0, 0.1) is 0 Å². The van der Waals surface area contributed by atoms with Crippen LogP contribution in [0.1, 0.15) is 6.92 Å². The average Bonchev–Trinajstić information content (AvgIpc) is 2.31. The van der Waals surface area contributed by atoms with Crippen LogP contribution in [0.3, 0.4) is 0 Å². The molecule has 0 atom stereocenters. The van der Waals surface area contributed by atoms with Gasteiger partial charge in [0.1, 0.15) is 5.75 Å². The van der Waals surface area contributed by atoms with Gasteiger partial charge in [-0.3, -0.25) is 4.79 Å². The van der Waals surface area contributed by atoms with Crippen LogP contribution >= 0.6 is 11.6 Å². The molecular formula is C13H13ClO3. The molecule has 0 bridgehead atoms. The molecule has 0 aliphatic heterocycles. The molecule has 0 aliphatic rings. The third-order valence-corrected chi connectivity index (χ3v) is 2.29. The zero-order valence-corrected chi connectivity index (χ0v) is 10.1. The second kappa shape index (κ2) is 6.76. The summed E-state index contributed by atoms with van der Waals surface area (Å²) in [7, 11) is 0. The van der Waals surface area contributed by atoms with Gasteiger partial charge in [-0.2, -0.15) is 0 Å². The van der Waals surface area contributed by atoms with Gasteiger partial charge < -0.3 is 9.84 Å². The summed E-state index contributed by atoms with van der Waals surface area (Å²) >= 11 is 5.79. The van der Waals surface area contributed by atoms with E-state index in [0.29, 0.717) is 23.9 Å². The number of rotatable bonds is 2. The highest BCUT2D eigenvalue weighted by atomic mass is 35.5. The van der Waals surface area contributed by atoms with E-state index in [4.69, 9.17) is 11.6 Å². The zero-order valence-electron chi connectivity index (χ0n) is 9.39. The maximum absolute atomic E-state index is 9.42. The van der Waals surface area contributed by atoms with E-state index in [1.165, 1.54) is 0 Å². The molecule has 0 amide bonds. The summed E-state index contributed by atoms with van der Waals surface area (Å²) in [6.07, 6.45) is 0. The normalized spacial score (nSPS) is 9.29. The molecule has 2 aromatic rings. The summed E-state index contributed by atoms with van der Waals surface area (Å²) in [6, 6.07) is 10.8. The molecule has 17 heavy (non-hydrogen) atoms. The molecule has 0 spiro atoms. The van der Waals surface area contributed by atoms with Crippen molar-refractivity contribution in [3.63, 3.8) is 0 Å². The third kappa shape index (κ3) is 3.96. The van der Waals surface area contributed by atoms with E-state index in [9.17, 15) is 9.90 Å². The number of halogens is 1. The lowest BCUT2D eigenvalue weighted by Crippen LogP contribution is -1.80. The first-order valence-corrected chi connectivity index (χ1v) is 5.49. The molecular weight excluding hydrogens is 240 g/mol. The number of hydrogen-bond acceptors (Lipinski definition) is 3. The predicted molar refractivity (Wildman–Crippen MR) is 68.3 cm³/mol. The first-order chi connectivity index (χ1) is 8.19. The van der Waals surface area contributed by atoms with E-state index < -0.39 is 0 Å². The van der Waals surface area contributed by atoms with E-state index in [1.54, 1.807) is 25.1 Å². The van der Waals surface area contributed by atoms with Crippen molar-refractivity contribution in [1.82, 2.24) is 0 Å². The minimum absolute atomic E-state index is 0.296. The molecule has 0 heterocycles. The lowest BCUT2D eigenvalue weighted by atomic mass is 10.1. The summed E-state index contributed by atoms with van der Waals surface area (Å²) in [5.74, 6) is 0.296. The number of carbonyl (C=O) groups is 1. The SMILES string of the molecule is CCOC=O.Oc1cccc2cc(Cl)ccc12. The number of hydrogen-bond donors (Lipinski definition) is 1. The number of fused-ring (bicyclic) bond motifs is 1. The number of ether oxygens (including phenoxy) is 1. The van der Waals surface area contributed by atoms with Crippen molar-refractivity contribution >= 4 is 28.8 Å².